The van der Waals surface area contributed by atoms with Crippen LogP contribution >= 0.6 is 0 Å². The molecule has 3 heterocycles. The number of amides is 1. The van der Waals surface area contributed by atoms with Crippen molar-refractivity contribution in [2.24, 2.45) is 0 Å². The molecule has 1 N–H and O–H groups in total. The van der Waals surface area contributed by atoms with Gasteiger partial charge in [0.25, 0.3) is 5.91 Å². The fourth-order valence-electron chi connectivity index (χ4n) is 2.30. The van der Waals surface area contributed by atoms with Crippen LogP contribution in [0.25, 0.3) is 22.8 Å². The van der Waals surface area contributed by atoms with E-state index in [1.54, 1.807) is 24.4 Å². The van der Waals surface area contributed by atoms with Crippen molar-refractivity contribution in [1.29, 1.82) is 0 Å². The van der Waals surface area contributed by atoms with Crippen molar-refractivity contribution < 1.29 is 13.8 Å². The van der Waals surface area contributed by atoms with Gasteiger partial charge < -0.3 is 14.4 Å². The van der Waals surface area contributed by atoms with Gasteiger partial charge in [-0.3, -0.25) is 9.78 Å². The highest BCUT2D eigenvalue weighted by molar-refractivity contribution is 5.92. The van der Waals surface area contributed by atoms with Gasteiger partial charge in [0.2, 0.25) is 17.5 Å². The molecule has 0 saturated carbocycles. The van der Waals surface area contributed by atoms with Crippen LogP contribution in [0, 0.1) is 0 Å². The Bertz CT molecular complexity index is 1010. The van der Waals surface area contributed by atoms with Gasteiger partial charge in [0.05, 0.1) is 6.54 Å². The summed E-state index contributed by atoms with van der Waals surface area (Å²) < 4.78 is 10.2. The molecule has 0 atom stereocenters. The molecule has 1 amide bonds. The lowest BCUT2D eigenvalue weighted by molar-refractivity contribution is 0.0909. The second-order valence-corrected chi connectivity index (χ2v) is 5.35. The first-order valence-electron chi connectivity index (χ1n) is 7.84. The highest BCUT2D eigenvalue weighted by atomic mass is 16.5. The number of pyridine rings is 1. The minimum Gasteiger partial charge on any atom is -0.350 e. The summed E-state index contributed by atoms with van der Waals surface area (Å²) in [5.41, 5.74) is 2.05. The summed E-state index contributed by atoms with van der Waals surface area (Å²) in [5, 5.41) is 10.4. The summed E-state index contributed by atoms with van der Waals surface area (Å²) in [6.45, 7) is 0.0695. The largest absolute Gasteiger partial charge is 0.350 e. The number of nitrogens with zero attached hydrogens (tertiary/aromatic N) is 4. The van der Waals surface area contributed by atoms with Gasteiger partial charge >= 0.3 is 0 Å². The second kappa shape index (κ2) is 6.98. The lowest BCUT2D eigenvalue weighted by Crippen LogP contribution is -2.22. The lowest BCUT2D eigenvalue weighted by atomic mass is 10.1. The first kappa shape index (κ1) is 15.7. The molecule has 0 bridgehead atoms. The molecule has 3 aromatic heterocycles. The molecule has 0 fully saturated rings. The van der Waals surface area contributed by atoms with Gasteiger partial charge in [0.15, 0.2) is 0 Å². The van der Waals surface area contributed by atoms with Crippen LogP contribution in [0.3, 0.4) is 0 Å². The molecule has 0 radical (unpaired) electrons. The summed E-state index contributed by atoms with van der Waals surface area (Å²) in [7, 11) is 0. The highest BCUT2D eigenvalue weighted by Crippen LogP contribution is 2.18. The van der Waals surface area contributed by atoms with Gasteiger partial charge in [-0.15, -0.1) is 0 Å². The van der Waals surface area contributed by atoms with Crippen molar-refractivity contribution in [3.05, 3.63) is 72.4 Å². The monoisotopic (exact) mass is 347 g/mol. The Morgan fingerprint density at radius 2 is 1.81 bits per heavy atom. The Balaban J connectivity index is 1.40. The molecule has 4 rings (SSSR count). The second-order valence-electron chi connectivity index (χ2n) is 5.35. The molecule has 0 aliphatic carbocycles. The van der Waals surface area contributed by atoms with Crippen molar-refractivity contribution in [2.45, 2.75) is 6.54 Å². The number of nitrogens with one attached hydrogen (secondary N) is 1. The molecule has 1 aromatic carbocycles. The summed E-state index contributed by atoms with van der Waals surface area (Å²) in [6.07, 6.45) is 1.64. The number of aromatic nitrogens is 4. The standard InChI is InChI=1S/C18H13N5O3/c24-18(15-10-14(22-25-15)12-6-2-1-3-7-12)20-11-16-21-17(23-26-16)13-8-4-5-9-19-13/h1-10H,11H2,(H,20,24). The number of carbonyl (C=O) groups excluding carboxylic acids is 1. The summed E-state index contributed by atoms with van der Waals surface area (Å²) in [4.78, 5) is 20.5. The molecule has 0 spiro atoms. The van der Waals surface area contributed by atoms with Crippen molar-refractivity contribution in [3.63, 3.8) is 0 Å². The Kier molecular flexibility index (Phi) is 4.21. The Morgan fingerprint density at radius 3 is 2.62 bits per heavy atom. The summed E-state index contributed by atoms with van der Waals surface area (Å²) >= 11 is 0. The average molecular weight is 347 g/mol. The van der Waals surface area contributed by atoms with Crippen molar-refractivity contribution in [2.75, 3.05) is 0 Å². The number of hydrogen-bond donors (Lipinski definition) is 1. The molecule has 26 heavy (non-hydrogen) atoms. The molecule has 0 unspecified atom stereocenters. The van der Waals surface area contributed by atoms with Crippen LogP contribution in [0.5, 0.6) is 0 Å². The number of rotatable bonds is 5. The molecule has 0 saturated heterocycles. The van der Waals surface area contributed by atoms with Gasteiger partial charge in [0, 0.05) is 17.8 Å². The normalized spacial score (nSPS) is 10.6. The van der Waals surface area contributed by atoms with Gasteiger partial charge in [-0.25, -0.2) is 0 Å². The predicted octanol–water partition coefficient (Wildman–Crippen LogP) is 2.72. The predicted molar refractivity (Wildman–Crippen MR) is 90.6 cm³/mol. The number of carbonyl (C=O) groups is 1. The maximum Gasteiger partial charge on any atom is 0.290 e. The van der Waals surface area contributed by atoms with Crippen LogP contribution in [-0.2, 0) is 6.54 Å². The highest BCUT2D eigenvalue weighted by Gasteiger charge is 2.16. The maximum atomic E-state index is 12.2. The van der Waals surface area contributed by atoms with Crippen LogP contribution in [0.1, 0.15) is 16.4 Å². The molecular weight excluding hydrogens is 334 g/mol. The lowest BCUT2D eigenvalue weighted by Gasteiger charge is -1.97. The zero-order chi connectivity index (χ0) is 17.8. The zero-order valence-corrected chi connectivity index (χ0v) is 13.5. The van der Waals surface area contributed by atoms with E-state index in [2.05, 4.69) is 25.6 Å². The van der Waals surface area contributed by atoms with Gasteiger partial charge in [-0.05, 0) is 12.1 Å². The SMILES string of the molecule is O=C(NCc1nc(-c2ccccn2)no1)c1cc(-c2ccccc2)no1. The molecule has 0 aliphatic rings. The molecule has 128 valence electrons. The van der Waals surface area contributed by atoms with E-state index in [0.717, 1.165) is 5.56 Å². The van der Waals surface area contributed by atoms with Crippen molar-refractivity contribution in [3.8, 4) is 22.8 Å². The van der Waals surface area contributed by atoms with Crippen LogP contribution < -0.4 is 5.32 Å². The van der Waals surface area contributed by atoms with Gasteiger partial charge in [0.1, 0.15) is 11.4 Å². The van der Waals surface area contributed by atoms with E-state index in [1.807, 2.05) is 36.4 Å². The van der Waals surface area contributed by atoms with Crippen molar-refractivity contribution >= 4 is 5.91 Å². The summed E-state index contributed by atoms with van der Waals surface area (Å²) in [5.74, 6) is 0.313. The molecule has 8 heteroatoms. The van der Waals surface area contributed by atoms with E-state index in [0.29, 0.717) is 17.2 Å². The van der Waals surface area contributed by atoms with E-state index in [-0.39, 0.29) is 18.2 Å². The van der Waals surface area contributed by atoms with E-state index in [1.165, 1.54) is 0 Å². The maximum absolute atomic E-state index is 12.2. The van der Waals surface area contributed by atoms with Crippen molar-refractivity contribution in [1.82, 2.24) is 25.6 Å². The fraction of sp³-hybridized carbons (Fsp3) is 0.0556. The Morgan fingerprint density at radius 1 is 0.962 bits per heavy atom. The van der Waals surface area contributed by atoms with Crippen LogP contribution in [-0.4, -0.2) is 26.2 Å². The third-order valence-electron chi connectivity index (χ3n) is 3.57. The Hall–Kier alpha value is -3.81. The van der Waals surface area contributed by atoms with E-state index in [4.69, 9.17) is 9.05 Å². The quantitative estimate of drug-likeness (QED) is 0.591. The van der Waals surface area contributed by atoms with E-state index >= 15 is 0 Å². The Labute approximate surface area is 147 Å². The topological polar surface area (TPSA) is 107 Å². The first-order valence-corrected chi connectivity index (χ1v) is 7.84. The van der Waals surface area contributed by atoms with Crippen LogP contribution in [0.15, 0.2) is 69.8 Å². The van der Waals surface area contributed by atoms with Gasteiger partial charge in [-0.2, -0.15) is 4.98 Å². The third-order valence-corrected chi connectivity index (χ3v) is 3.57. The first-order chi connectivity index (χ1) is 12.8. The van der Waals surface area contributed by atoms with Crippen LogP contribution in [0.4, 0.5) is 0 Å². The smallest absolute Gasteiger partial charge is 0.290 e. The van der Waals surface area contributed by atoms with E-state index in [9.17, 15) is 4.79 Å². The summed E-state index contributed by atoms with van der Waals surface area (Å²) in [6, 6.07) is 16.4. The molecule has 4 aromatic rings. The minimum atomic E-state index is -0.419. The number of benzene rings is 1. The third kappa shape index (κ3) is 3.34. The van der Waals surface area contributed by atoms with Gasteiger partial charge in [-0.1, -0.05) is 46.7 Å². The molecule has 8 nitrogen and oxygen atoms in total. The fourth-order valence-corrected chi connectivity index (χ4v) is 2.30. The number of hydrogen-bond acceptors (Lipinski definition) is 7. The minimum absolute atomic E-state index is 0.0695. The average Bonchev–Trinajstić information content (AvgIpc) is 3.37. The zero-order valence-electron chi connectivity index (χ0n) is 13.5. The van der Waals surface area contributed by atoms with E-state index < -0.39 is 5.91 Å². The molecular formula is C18H13N5O3. The van der Waals surface area contributed by atoms with Crippen LogP contribution in [0.2, 0.25) is 0 Å². The molecule has 0 aliphatic heterocycles.